The van der Waals surface area contributed by atoms with Gasteiger partial charge in [-0.2, -0.15) is 0 Å². The Bertz CT molecular complexity index is 765. The van der Waals surface area contributed by atoms with Crippen LogP contribution < -0.4 is 15.4 Å². The maximum absolute atomic E-state index is 11.9. The summed E-state index contributed by atoms with van der Waals surface area (Å²) in [5.74, 6) is 1.50. The van der Waals surface area contributed by atoms with Gasteiger partial charge in [0.05, 0.1) is 7.11 Å². The number of benzene rings is 2. The van der Waals surface area contributed by atoms with Crippen LogP contribution in [0.1, 0.15) is 17.5 Å². The summed E-state index contributed by atoms with van der Waals surface area (Å²) in [7, 11) is 5.14. The summed E-state index contributed by atoms with van der Waals surface area (Å²) in [6.45, 7) is 1.65. The van der Waals surface area contributed by atoms with Crippen LogP contribution in [0.3, 0.4) is 0 Å². The molecular formula is C23H33IN4O2. The molecule has 2 rings (SSSR count). The number of ether oxygens (including phenoxy) is 1. The van der Waals surface area contributed by atoms with E-state index in [2.05, 4.69) is 52.0 Å². The van der Waals surface area contributed by atoms with Crippen LogP contribution in [0.5, 0.6) is 5.75 Å². The molecule has 0 bridgehead atoms. The molecule has 2 aromatic carbocycles. The molecule has 0 saturated heterocycles. The number of guanidine groups is 1. The number of hydrogen-bond acceptors (Lipinski definition) is 3. The molecule has 0 radical (unpaired) electrons. The SMILES string of the molecule is COc1ccc(CCNC(=NCC(=O)N(C)C)NCCCc2ccccc2)cc1.I. The highest BCUT2D eigenvalue weighted by atomic mass is 127. The van der Waals surface area contributed by atoms with Gasteiger partial charge in [0, 0.05) is 27.2 Å². The van der Waals surface area contributed by atoms with Crippen molar-refractivity contribution in [2.24, 2.45) is 4.99 Å². The van der Waals surface area contributed by atoms with Crippen molar-refractivity contribution in [1.82, 2.24) is 15.5 Å². The maximum Gasteiger partial charge on any atom is 0.243 e. The molecule has 1 amide bonds. The monoisotopic (exact) mass is 524 g/mol. The second-order valence-corrected chi connectivity index (χ2v) is 6.99. The molecule has 0 aliphatic rings. The number of carbonyl (C=O) groups is 1. The van der Waals surface area contributed by atoms with E-state index in [0.717, 1.165) is 38.1 Å². The largest absolute Gasteiger partial charge is 0.497 e. The molecule has 2 aromatic rings. The zero-order chi connectivity index (χ0) is 20.9. The minimum Gasteiger partial charge on any atom is -0.497 e. The Morgan fingerprint density at radius 1 is 0.933 bits per heavy atom. The highest BCUT2D eigenvalue weighted by molar-refractivity contribution is 14.0. The van der Waals surface area contributed by atoms with E-state index in [1.54, 1.807) is 26.1 Å². The number of amides is 1. The summed E-state index contributed by atoms with van der Waals surface area (Å²) < 4.78 is 5.19. The number of aliphatic imine (C=N–C) groups is 1. The molecule has 0 aromatic heterocycles. The van der Waals surface area contributed by atoms with Crippen molar-refractivity contribution in [2.75, 3.05) is 40.8 Å². The lowest BCUT2D eigenvalue weighted by molar-refractivity contribution is -0.127. The normalized spacial score (nSPS) is 10.7. The molecule has 0 atom stereocenters. The van der Waals surface area contributed by atoms with Gasteiger partial charge in [-0.3, -0.25) is 4.79 Å². The van der Waals surface area contributed by atoms with Crippen LogP contribution in [-0.2, 0) is 17.6 Å². The fourth-order valence-electron chi connectivity index (χ4n) is 2.72. The third-order valence-electron chi connectivity index (χ3n) is 4.51. The van der Waals surface area contributed by atoms with Crippen molar-refractivity contribution in [3.8, 4) is 5.75 Å². The van der Waals surface area contributed by atoms with Gasteiger partial charge in [0.15, 0.2) is 5.96 Å². The van der Waals surface area contributed by atoms with Crippen LogP contribution in [0.2, 0.25) is 0 Å². The zero-order valence-electron chi connectivity index (χ0n) is 18.1. The number of halogens is 1. The molecule has 0 aliphatic heterocycles. The van der Waals surface area contributed by atoms with Crippen LogP contribution in [0.25, 0.3) is 0 Å². The van der Waals surface area contributed by atoms with Crippen LogP contribution in [-0.4, -0.2) is 57.6 Å². The topological polar surface area (TPSA) is 66.0 Å². The van der Waals surface area contributed by atoms with E-state index in [9.17, 15) is 4.79 Å². The standard InChI is InChI=1S/C23H32N4O2.HI/c1-27(2)22(28)18-26-23(24-16-7-10-19-8-5-4-6-9-19)25-17-15-20-11-13-21(29-3)14-12-20;/h4-6,8-9,11-14H,7,10,15-18H2,1-3H3,(H2,24,25,26);1H. The number of nitrogens with zero attached hydrogens (tertiary/aromatic N) is 2. The van der Waals surface area contributed by atoms with E-state index in [-0.39, 0.29) is 36.4 Å². The van der Waals surface area contributed by atoms with Gasteiger partial charge in [0.25, 0.3) is 0 Å². The molecule has 30 heavy (non-hydrogen) atoms. The Labute approximate surface area is 197 Å². The van der Waals surface area contributed by atoms with Crippen LogP contribution >= 0.6 is 24.0 Å². The van der Waals surface area contributed by atoms with Crippen LogP contribution in [0.4, 0.5) is 0 Å². The minimum absolute atomic E-state index is 0. The van der Waals surface area contributed by atoms with E-state index in [1.165, 1.54) is 11.1 Å². The second-order valence-electron chi connectivity index (χ2n) is 6.99. The van der Waals surface area contributed by atoms with E-state index in [4.69, 9.17) is 4.74 Å². The van der Waals surface area contributed by atoms with Gasteiger partial charge in [0.2, 0.25) is 5.91 Å². The smallest absolute Gasteiger partial charge is 0.243 e. The second kappa shape index (κ2) is 14.7. The Hall–Kier alpha value is -2.29. The van der Waals surface area contributed by atoms with Crippen LogP contribution in [0.15, 0.2) is 59.6 Å². The number of aryl methyl sites for hydroxylation is 1. The van der Waals surface area contributed by atoms with Gasteiger partial charge in [-0.05, 0) is 42.5 Å². The summed E-state index contributed by atoms with van der Waals surface area (Å²) in [5.41, 5.74) is 2.54. The van der Waals surface area contributed by atoms with Gasteiger partial charge in [-0.25, -0.2) is 4.99 Å². The molecular weight excluding hydrogens is 491 g/mol. The van der Waals surface area contributed by atoms with Crippen molar-refractivity contribution >= 4 is 35.8 Å². The molecule has 0 unspecified atom stereocenters. The van der Waals surface area contributed by atoms with E-state index < -0.39 is 0 Å². The van der Waals surface area contributed by atoms with E-state index in [0.29, 0.717) is 5.96 Å². The Balaban J connectivity index is 0.00000450. The molecule has 0 spiro atoms. The van der Waals surface area contributed by atoms with E-state index in [1.807, 2.05) is 18.2 Å². The van der Waals surface area contributed by atoms with Gasteiger partial charge in [0.1, 0.15) is 12.3 Å². The number of likely N-dealkylation sites (N-methyl/N-ethyl adjacent to an activating group) is 1. The molecule has 6 nitrogen and oxygen atoms in total. The zero-order valence-corrected chi connectivity index (χ0v) is 20.4. The average Bonchev–Trinajstić information content (AvgIpc) is 2.75. The highest BCUT2D eigenvalue weighted by Crippen LogP contribution is 2.11. The van der Waals surface area contributed by atoms with Crippen molar-refractivity contribution in [2.45, 2.75) is 19.3 Å². The number of methoxy groups -OCH3 is 1. The number of carbonyl (C=O) groups excluding carboxylic acids is 1. The van der Waals surface area contributed by atoms with Gasteiger partial charge in [-0.1, -0.05) is 42.5 Å². The van der Waals surface area contributed by atoms with Crippen molar-refractivity contribution in [3.05, 3.63) is 65.7 Å². The van der Waals surface area contributed by atoms with Gasteiger partial charge < -0.3 is 20.3 Å². The lowest BCUT2D eigenvalue weighted by atomic mass is 10.1. The summed E-state index contributed by atoms with van der Waals surface area (Å²) in [4.78, 5) is 17.9. The van der Waals surface area contributed by atoms with Crippen LogP contribution in [0, 0.1) is 0 Å². The highest BCUT2D eigenvalue weighted by Gasteiger charge is 2.05. The summed E-state index contributed by atoms with van der Waals surface area (Å²) in [6.07, 6.45) is 2.85. The number of nitrogens with one attached hydrogen (secondary N) is 2. The molecule has 0 heterocycles. The average molecular weight is 524 g/mol. The molecule has 164 valence electrons. The quantitative estimate of drug-likeness (QED) is 0.217. The Morgan fingerprint density at radius 3 is 2.20 bits per heavy atom. The third kappa shape index (κ3) is 9.96. The Morgan fingerprint density at radius 2 is 1.57 bits per heavy atom. The summed E-state index contributed by atoms with van der Waals surface area (Å²) >= 11 is 0. The predicted octanol–water partition coefficient (Wildman–Crippen LogP) is 3.11. The lowest BCUT2D eigenvalue weighted by Crippen LogP contribution is -2.40. The summed E-state index contributed by atoms with van der Waals surface area (Å²) in [5, 5.41) is 6.66. The fraction of sp³-hybridized carbons (Fsp3) is 0.391. The third-order valence-corrected chi connectivity index (χ3v) is 4.51. The molecule has 0 aliphatic carbocycles. The summed E-state index contributed by atoms with van der Waals surface area (Å²) in [6, 6.07) is 18.5. The first-order chi connectivity index (χ1) is 14.1. The maximum atomic E-state index is 11.9. The molecule has 0 fully saturated rings. The first-order valence-electron chi connectivity index (χ1n) is 9.97. The first kappa shape index (κ1) is 25.7. The van der Waals surface area contributed by atoms with Gasteiger partial charge in [-0.15, -0.1) is 24.0 Å². The van der Waals surface area contributed by atoms with Gasteiger partial charge >= 0.3 is 0 Å². The first-order valence-corrected chi connectivity index (χ1v) is 9.97. The van der Waals surface area contributed by atoms with Crippen molar-refractivity contribution < 1.29 is 9.53 Å². The fourth-order valence-corrected chi connectivity index (χ4v) is 2.72. The molecule has 0 saturated carbocycles. The molecule has 2 N–H and O–H groups in total. The Kier molecular flexibility index (Phi) is 12.6. The van der Waals surface area contributed by atoms with Crippen molar-refractivity contribution in [3.63, 3.8) is 0 Å². The molecule has 7 heteroatoms. The predicted molar refractivity (Wildman–Crippen MR) is 134 cm³/mol. The number of hydrogen-bond donors (Lipinski definition) is 2. The number of rotatable bonds is 10. The minimum atomic E-state index is -0.0226. The van der Waals surface area contributed by atoms with Crippen molar-refractivity contribution in [1.29, 1.82) is 0 Å². The van der Waals surface area contributed by atoms with E-state index >= 15 is 0 Å². The lowest BCUT2D eigenvalue weighted by Gasteiger charge is -2.14.